The van der Waals surface area contributed by atoms with Gasteiger partial charge in [-0.3, -0.25) is 9.69 Å². The zero-order chi connectivity index (χ0) is 26.4. The fourth-order valence-electron chi connectivity index (χ4n) is 6.85. The number of ether oxygens (including phenoxy) is 1. The lowest BCUT2D eigenvalue weighted by molar-refractivity contribution is -0.148. The molecule has 0 aromatic heterocycles. The van der Waals surface area contributed by atoms with Gasteiger partial charge >= 0.3 is 5.97 Å². The van der Waals surface area contributed by atoms with Gasteiger partial charge in [-0.1, -0.05) is 34.1 Å². The predicted octanol–water partition coefficient (Wildman–Crippen LogP) is 6.71. The van der Waals surface area contributed by atoms with E-state index in [4.69, 9.17) is 4.74 Å². The molecule has 2 saturated heterocycles. The Morgan fingerprint density at radius 1 is 0.892 bits per heavy atom. The second-order valence-electron chi connectivity index (χ2n) is 12.9. The largest absolute Gasteiger partial charge is 0.466 e. The molecule has 1 aliphatic carbocycles. The van der Waals surface area contributed by atoms with Crippen LogP contribution in [0.25, 0.3) is 0 Å². The lowest BCUT2D eigenvalue weighted by atomic mass is 9.68. The number of benzene rings is 1. The molecule has 1 aromatic carbocycles. The standard InChI is InChI=1S/C32H53N3O2/c1-6-8-17-33-20-22-35(23-21-33)30-14-13-28(34-18-15-26(16-19-34)31(36)37-7-2)24-29(30)25-9-11-27(12-10-25)32(3,4)5/h13-14,24-27H,6-12,15-23H2,1-5H3. The Kier molecular flexibility index (Phi) is 9.83. The molecule has 3 fully saturated rings. The highest BCUT2D eigenvalue weighted by molar-refractivity contribution is 5.73. The van der Waals surface area contributed by atoms with Gasteiger partial charge in [-0.05, 0) is 99.4 Å². The number of carbonyl (C=O) groups excluding carboxylic acids is 1. The minimum absolute atomic E-state index is 0.00752. The number of hydrogen-bond acceptors (Lipinski definition) is 5. The van der Waals surface area contributed by atoms with Crippen molar-refractivity contribution in [2.75, 3.05) is 62.2 Å². The van der Waals surface area contributed by atoms with Gasteiger partial charge in [-0.15, -0.1) is 0 Å². The van der Waals surface area contributed by atoms with Crippen LogP contribution in [0.5, 0.6) is 0 Å². The molecule has 0 radical (unpaired) electrons. The predicted molar refractivity (Wildman–Crippen MR) is 156 cm³/mol. The smallest absolute Gasteiger partial charge is 0.309 e. The number of hydrogen-bond donors (Lipinski definition) is 0. The van der Waals surface area contributed by atoms with Gasteiger partial charge in [0.05, 0.1) is 12.5 Å². The molecule has 1 aromatic rings. The molecule has 208 valence electrons. The molecule has 0 unspecified atom stereocenters. The van der Waals surface area contributed by atoms with Gasteiger partial charge in [0.15, 0.2) is 0 Å². The van der Waals surface area contributed by atoms with E-state index in [9.17, 15) is 4.79 Å². The van der Waals surface area contributed by atoms with Crippen LogP contribution >= 0.6 is 0 Å². The van der Waals surface area contributed by atoms with Gasteiger partial charge in [0.1, 0.15) is 0 Å². The maximum Gasteiger partial charge on any atom is 0.309 e. The Bertz CT molecular complexity index is 855. The lowest BCUT2D eigenvalue weighted by Crippen LogP contribution is -2.47. The fraction of sp³-hybridized carbons (Fsp3) is 0.781. The number of nitrogens with zero attached hydrogens (tertiary/aromatic N) is 3. The molecule has 0 bridgehead atoms. The maximum absolute atomic E-state index is 12.3. The van der Waals surface area contributed by atoms with Crippen LogP contribution < -0.4 is 9.80 Å². The minimum atomic E-state index is -0.00752. The molecular weight excluding hydrogens is 458 g/mol. The van der Waals surface area contributed by atoms with Gasteiger partial charge in [0.25, 0.3) is 0 Å². The average Bonchev–Trinajstić information content (AvgIpc) is 2.92. The van der Waals surface area contributed by atoms with Crippen molar-refractivity contribution in [3.63, 3.8) is 0 Å². The van der Waals surface area contributed by atoms with Gasteiger partial charge in [0.2, 0.25) is 0 Å². The Morgan fingerprint density at radius 3 is 2.16 bits per heavy atom. The van der Waals surface area contributed by atoms with Crippen molar-refractivity contribution in [3.05, 3.63) is 23.8 Å². The quantitative estimate of drug-likeness (QED) is 0.363. The molecule has 0 atom stereocenters. The van der Waals surface area contributed by atoms with Crippen LogP contribution in [0.4, 0.5) is 11.4 Å². The first kappa shape index (κ1) is 28.3. The number of anilines is 2. The van der Waals surface area contributed by atoms with Crippen molar-refractivity contribution in [3.8, 4) is 0 Å². The third kappa shape index (κ3) is 7.22. The van der Waals surface area contributed by atoms with Crippen LogP contribution in [-0.4, -0.2) is 63.3 Å². The normalized spacial score (nSPS) is 24.4. The molecule has 0 spiro atoms. The summed E-state index contributed by atoms with van der Waals surface area (Å²) in [5.41, 5.74) is 4.83. The summed E-state index contributed by atoms with van der Waals surface area (Å²) in [6.45, 7) is 19.7. The number of unbranched alkanes of at least 4 members (excludes halogenated alkanes) is 1. The van der Waals surface area contributed by atoms with Crippen LogP contribution in [0.15, 0.2) is 18.2 Å². The van der Waals surface area contributed by atoms with Crippen LogP contribution in [0, 0.1) is 17.3 Å². The lowest BCUT2D eigenvalue weighted by Gasteiger charge is -2.41. The van der Waals surface area contributed by atoms with Gasteiger partial charge in [-0.2, -0.15) is 0 Å². The van der Waals surface area contributed by atoms with Crippen LogP contribution in [0.2, 0.25) is 0 Å². The number of piperazine rings is 1. The monoisotopic (exact) mass is 511 g/mol. The summed E-state index contributed by atoms with van der Waals surface area (Å²) in [5, 5.41) is 0. The summed E-state index contributed by atoms with van der Waals surface area (Å²) < 4.78 is 5.30. The second kappa shape index (κ2) is 12.9. The summed E-state index contributed by atoms with van der Waals surface area (Å²) in [7, 11) is 0. The van der Waals surface area contributed by atoms with E-state index in [1.54, 1.807) is 5.56 Å². The first-order valence-electron chi connectivity index (χ1n) is 15.3. The number of carbonyl (C=O) groups is 1. The van der Waals surface area contributed by atoms with E-state index in [2.05, 4.69) is 60.6 Å². The highest BCUT2D eigenvalue weighted by Crippen LogP contribution is 2.46. The van der Waals surface area contributed by atoms with Gasteiger partial charge in [-0.25, -0.2) is 0 Å². The molecule has 3 aliphatic rings. The van der Waals surface area contributed by atoms with Crippen molar-refractivity contribution < 1.29 is 9.53 Å². The zero-order valence-electron chi connectivity index (χ0n) is 24.4. The SMILES string of the molecule is CCCCN1CCN(c2ccc(N3CCC(C(=O)OCC)CC3)cc2C2CCC(C(C)(C)C)CC2)CC1. The highest BCUT2D eigenvalue weighted by Gasteiger charge is 2.33. The van der Waals surface area contributed by atoms with Crippen molar-refractivity contribution in [2.45, 2.75) is 91.9 Å². The van der Waals surface area contributed by atoms with Gasteiger partial charge in [0, 0.05) is 50.6 Å². The fourth-order valence-corrected chi connectivity index (χ4v) is 6.85. The molecule has 5 nitrogen and oxygen atoms in total. The summed E-state index contributed by atoms with van der Waals surface area (Å²) in [6, 6.07) is 7.32. The third-order valence-corrected chi connectivity index (χ3v) is 9.42. The number of esters is 1. The van der Waals surface area contributed by atoms with Crippen molar-refractivity contribution in [1.82, 2.24) is 4.90 Å². The minimum Gasteiger partial charge on any atom is -0.466 e. The van der Waals surface area contributed by atoms with E-state index in [-0.39, 0.29) is 11.9 Å². The topological polar surface area (TPSA) is 36.0 Å². The van der Waals surface area contributed by atoms with E-state index in [0.717, 1.165) is 44.9 Å². The van der Waals surface area contributed by atoms with Crippen molar-refractivity contribution in [1.29, 1.82) is 0 Å². The first-order valence-corrected chi connectivity index (χ1v) is 15.3. The van der Waals surface area contributed by atoms with Crippen molar-refractivity contribution in [2.24, 2.45) is 17.3 Å². The van der Waals surface area contributed by atoms with E-state index in [1.165, 1.54) is 69.5 Å². The Hall–Kier alpha value is -1.75. The summed E-state index contributed by atoms with van der Waals surface area (Å²) in [5.74, 6) is 1.54. The molecular formula is C32H53N3O2. The average molecular weight is 512 g/mol. The summed E-state index contributed by atoms with van der Waals surface area (Å²) in [4.78, 5) is 20.1. The molecule has 5 heteroatoms. The van der Waals surface area contributed by atoms with E-state index >= 15 is 0 Å². The number of rotatable bonds is 8. The van der Waals surface area contributed by atoms with E-state index in [1.807, 2.05) is 6.92 Å². The second-order valence-corrected chi connectivity index (χ2v) is 12.9. The van der Waals surface area contributed by atoms with Gasteiger partial charge < -0.3 is 14.5 Å². The van der Waals surface area contributed by atoms with Crippen LogP contribution in [-0.2, 0) is 9.53 Å². The Morgan fingerprint density at radius 2 is 1.57 bits per heavy atom. The van der Waals surface area contributed by atoms with E-state index < -0.39 is 0 Å². The molecule has 0 N–H and O–H groups in total. The Labute approximate surface area is 226 Å². The maximum atomic E-state index is 12.3. The summed E-state index contributed by atoms with van der Waals surface area (Å²) >= 11 is 0. The zero-order valence-corrected chi connectivity index (χ0v) is 24.4. The Balaban J connectivity index is 1.49. The first-order chi connectivity index (χ1) is 17.8. The molecule has 2 heterocycles. The van der Waals surface area contributed by atoms with Crippen molar-refractivity contribution >= 4 is 17.3 Å². The molecule has 4 rings (SSSR count). The highest BCUT2D eigenvalue weighted by atomic mass is 16.5. The number of piperidine rings is 1. The van der Waals surface area contributed by atoms with E-state index in [0.29, 0.717) is 17.9 Å². The molecule has 37 heavy (non-hydrogen) atoms. The molecule has 1 saturated carbocycles. The summed E-state index contributed by atoms with van der Waals surface area (Å²) in [6.07, 6.45) is 9.67. The van der Waals surface area contributed by atoms with Crippen LogP contribution in [0.1, 0.15) is 97.5 Å². The third-order valence-electron chi connectivity index (χ3n) is 9.42. The molecule has 2 aliphatic heterocycles. The molecule has 0 amide bonds. The van der Waals surface area contributed by atoms with Crippen LogP contribution in [0.3, 0.4) is 0 Å².